The summed E-state index contributed by atoms with van der Waals surface area (Å²) >= 11 is 9.55. The van der Waals surface area contributed by atoms with Crippen LogP contribution in [0, 0.1) is 5.82 Å². The van der Waals surface area contributed by atoms with Crippen molar-refractivity contribution in [1.82, 2.24) is 15.1 Å². The minimum atomic E-state index is -0.683. The molecule has 1 aliphatic heterocycles. The van der Waals surface area contributed by atoms with E-state index in [1.165, 1.54) is 29.1 Å². The molecular weight excluding hydrogens is 451 g/mol. The predicted octanol–water partition coefficient (Wildman–Crippen LogP) is 4.06. The summed E-state index contributed by atoms with van der Waals surface area (Å²) in [7, 11) is 1.65. The van der Waals surface area contributed by atoms with Gasteiger partial charge in [-0.05, 0) is 46.3 Å². The Labute approximate surface area is 172 Å². The number of anilines is 1. The minimum Gasteiger partial charge on any atom is -0.341 e. The van der Waals surface area contributed by atoms with E-state index in [2.05, 4.69) is 31.7 Å². The van der Waals surface area contributed by atoms with Gasteiger partial charge in [0.25, 0.3) is 11.8 Å². The maximum absolute atomic E-state index is 13.8. The zero-order valence-corrected chi connectivity index (χ0v) is 16.8. The van der Waals surface area contributed by atoms with E-state index in [-0.39, 0.29) is 5.91 Å². The Morgan fingerprint density at radius 2 is 2.14 bits per heavy atom. The fourth-order valence-corrected chi connectivity index (χ4v) is 4.04. The molecule has 28 heavy (non-hydrogen) atoms. The number of carbonyl (C=O) groups excluding carboxylic acids is 2. The highest BCUT2D eigenvalue weighted by Gasteiger charge is 2.34. The first-order valence-corrected chi connectivity index (χ1v) is 9.41. The van der Waals surface area contributed by atoms with Crippen molar-refractivity contribution < 1.29 is 14.0 Å². The summed E-state index contributed by atoms with van der Waals surface area (Å²) in [4.78, 5) is 25.2. The SMILES string of the molecule is Cn1ncc(Br)c1C(=O)Nc1cccc2c1C(c1cc(F)ccc1Cl)NC2=O. The first-order valence-electron chi connectivity index (χ1n) is 8.24. The highest BCUT2D eigenvalue weighted by atomic mass is 79.9. The molecule has 6 nitrogen and oxygen atoms in total. The number of amides is 2. The summed E-state index contributed by atoms with van der Waals surface area (Å²) in [6.45, 7) is 0. The number of hydrogen-bond donors (Lipinski definition) is 2. The van der Waals surface area contributed by atoms with Gasteiger partial charge in [0.05, 0.1) is 16.7 Å². The molecule has 2 amide bonds. The Hall–Kier alpha value is -2.71. The standard InChI is InChI=1S/C19H13BrClFN4O2/c1-26-17(12(20)8-23-26)19(28)24-14-4-2-3-10-15(14)16(25-18(10)27)11-7-9(22)5-6-13(11)21/h2-8,16H,1H3,(H,24,28)(H,25,27). The van der Waals surface area contributed by atoms with Gasteiger partial charge in [-0.1, -0.05) is 17.7 Å². The zero-order chi connectivity index (χ0) is 20.0. The van der Waals surface area contributed by atoms with Gasteiger partial charge in [-0.15, -0.1) is 0 Å². The topological polar surface area (TPSA) is 76.0 Å². The largest absolute Gasteiger partial charge is 0.341 e. The molecule has 2 heterocycles. The monoisotopic (exact) mass is 462 g/mol. The van der Waals surface area contributed by atoms with E-state index in [1.54, 1.807) is 25.2 Å². The van der Waals surface area contributed by atoms with Gasteiger partial charge in [-0.3, -0.25) is 14.3 Å². The predicted molar refractivity (Wildman–Crippen MR) is 106 cm³/mol. The number of carbonyl (C=O) groups is 2. The molecule has 2 aromatic carbocycles. The Bertz CT molecular complexity index is 1110. The van der Waals surface area contributed by atoms with Crippen LogP contribution in [-0.4, -0.2) is 21.6 Å². The summed E-state index contributed by atoms with van der Waals surface area (Å²) in [5.41, 5.74) is 2.10. The average Bonchev–Trinajstić information content (AvgIpc) is 3.17. The molecule has 142 valence electrons. The molecule has 0 saturated carbocycles. The lowest BCUT2D eigenvalue weighted by molar-refractivity contribution is 0.0959. The van der Waals surface area contributed by atoms with E-state index in [0.29, 0.717) is 37.6 Å². The highest BCUT2D eigenvalue weighted by molar-refractivity contribution is 9.10. The Balaban J connectivity index is 1.79. The van der Waals surface area contributed by atoms with Crippen molar-refractivity contribution in [3.63, 3.8) is 0 Å². The second kappa shape index (κ2) is 7.03. The molecule has 9 heteroatoms. The van der Waals surface area contributed by atoms with Crippen molar-refractivity contribution in [3.8, 4) is 0 Å². The molecule has 0 spiro atoms. The van der Waals surface area contributed by atoms with Crippen molar-refractivity contribution in [2.45, 2.75) is 6.04 Å². The van der Waals surface area contributed by atoms with Gasteiger partial charge in [0.15, 0.2) is 0 Å². The molecule has 3 aromatic rings. The number of aryl methyl sites for hydroxylation is 1. The summed E-state index contributed by atoms with van der Waals surface area (Å²) in [6.07, 6.45) is 1.52. The van der Waals surface area contributed by atoms with Gasteiger partial charge >= 0.3 is 0 Å². The average molecular weight is 464 g/mol. The first-order chi connectivity index (χ1) is 13.4. The van der Waals surface area contributed by atoms with Gasteiger partial charge in [-0.25, -0.2) is 4.39 Å². The molecule has 1 atom stereocenters. The van der Waals surface area contributed by atoms with E-state index in [9.17, 15) is 14.0 Å². The van der Waals surface area contributed by atoms with Gasteiger partial charge in [-0.2, -0.15) is 5.10 Å². The van der Waals surface area contributed by atoms with Crippen molar-refractivity contribution in [3.05, 3.63) is 80.3 Å². The molecule has 0 saturated heterocycles. The number of aromatic nitrogens is 2. The van der Waals surface area contributed by atoms with Crippen LogP contribution in [0.15, 0.2) is 47.1 Å². The maximum atomic E-state index is 13.8. The van der Waals surface area contributed by atoms with Crippen LogP contribution in [0.4, 0.5) is 10.1 Å². The third-order valence-electron chi connectivity index (χ3n) is 4.54. The summed E-state index contributed by atoms with van der Waals surface area (Å²) < 4.78 is 15.8. The van der Waals surface area contributed by atoms with Crippen molar-refractivity contribution in [2.24, 2.45) is 7.05 Å². The summed E-state index contributed by atoms with van der Waals surface area (Å²) in [5.74, 6) is -1.19. The minimum absolute atomic E-state index is 0.315. The summed E-state index contributed by atoms with van der Waals surface area (Å²) in [5, 5.41) is 9.97. The quantitative estimate of drug-likeness (QED) is 0.615. The molecule has 0 fully saturated rings. The third-order valence-corrected chi connectivity index (χ3v) is 5.47. The number of nitrogens with one attached hydrogen (secondary N) is 2. The van der Waals surface area contributed by atoms with Gasteiger partial charge in [0.2, 0.25) is 0 Å². The van der Waals surface area contributed by atoms with E-state index < -0.39 is 17.8 Å². The van der Waals surface area contributed by atoms with Crippen LogP contribution in [0.25, 0.3) is 0 Å². The molecule has 2 N–H and O–H groups in total. The van der Waals surface area contributed by atoms with Crippen LogP contribution in [0.1, 0.15) is 38.0 Å². The lowest BCUT2D eigenvalue weighted by atomic mass is 9.96. The van der Waals surface area contributed by atoms with Crippen LogP contribution in [0.3, 0.4) is 0 Å². The van der Waals surface area contributed by atoms with Gasteiger partial charge in [0.1, 0.15) is 11.5 Å². The molecule has 1 unspecified atom stereocenters. The fourth-order valence-electron chi connectivity index (χ4n) is 3.28. The highest BCUT2D eigenvalue weighted by Crippen LogP contribution is 2.39. The van der Waals surface area contributed by atoms with Gasteiger partial charge < -0.3 is 10.6 Å². The van der Waals surface area contributed by atoms with Crippen LogP contribution >= 0.6 is 27.5 Å². The summed E-state index contributed by atoms with van der Waals surface area (Å²) in [6, 6.07) is 8.27. The van der Waals surface area contributed by atoms with E-state index in [0.717, 1.165) is 0 Å². The zero-order valence-electron chi connectivity index (χ0n) is 14.5. The Morgan fingerprint density at radius 3 is 2.86 bits per heavy atom. The lowest BCUT2D eigenvalue weighted by Crippen LogP contribution is -2.21. The second-order valence-electron chi connectivity index (χ2n) is 6.26. The smallest absolute Gasteiger partial charge is 0.275 e. The normalized spacial score (nSPS) is 15.3. The molecule has 4 rings (SSSR count). The van der Waals surface area contributed by atoms with Crippen molar-refractivity contribution >= 4 is 45.0 Å². The number of rotatable bonds is 3. The lowest BCUT2D eigenvalue weighted by Gasteiger charge is -2.18. The fraction of sp³-hybridized carbons (Fsp3) is 0.105. The van der Waals surface area contributed by atoms with Crippen LogP contribution in [-0.2, 0) is 7.05 Å². The first kappa shape index (κ1) is 18.6. The number of nitrogens with zero attached hydrogens (tertiary/aromatic N) is 2. The number of benzene rings is 2. The van der Waals surface area contributed by atoms with E-state index in [1.807, 2.05) is 0 Å². The molecule has 0 aliphatic carbocycles. The Morgan fingerprint density at radius 1 is 1.36 bits per heavy atom. The number of halogens is 3. The van der Waals surface area contributed by atoms with Crippen LogP contribution < -0.4 is 10.6 Å². The molecule has 1 aromatic heterocycles. The second-order valence-corrected chi connectivity index (χ2v) is 7.52. The number of hydrogen-bond acceptors (Lipinski definition) is 3. The number of fused-ring (bicyclic) bond motifs is 1. The molecule has 0 radical (unpaired) electrons. The maximum Gasteiger partial charge on any atom is 0.275 e. The van der Waals surface area contributed by atoms with Crippen molar-refractivity contribution in [2.75, 3.05) is 5.32 Å². The van der Waals surface area contributed by atoms with Crippen LogP contribution in [0.2, 0.25) is 5.02 Å². The van der Waals surface area contributed by atoms with E-state index in [4.69, 9.17) is 11.6 Å². The van der Waals surface area contributed by atoms with Crippen molar-refractivity contribution in [1.29, 1.82) is 0 Å². The third kappa shape index (κ3) is 3.08. The molecule has 0 bridgehead atoms. The molecule has 1 aliphatic rings. The van der Waals surface area contributed by atoms with E-state index >= 15 is 0 Å². The molecular formula is C19H13BrClFN4O2. The Kier molecular flexibility index (Phi) is 4.68. The van der Waals surface area contributed by atoms with Gasteiger partial charge in [0, 0.05) is 34.4 Å². The van der Waals surface area contributed by atoms with Crippen LogP contribution in [0.5, 0.6) is 0 Å².